The molecule has 4 aliphatic rings. The minimum atomic E-state index is -0.323. The minimum absolute atomic E-state index is 0.129. The van der Waals surface area contributed by atoms with Crippen molar-refractivity contribution in [1.29, 1.82) is 5.26 Å². The lowest BCUT2D eigenvalue weighted by Gasteiger charge is -2.56. The van der Waals surface area contributed by atoms with Crippen molar-refractivity contribution in [3.05, 3.63) is 23.3 Å². The maximum Gasteiger partial charge on any atom is 0.306 e. The predicted molar refractivity (Wildman–Crippen MR) is 112 cm³/mol. The molecule has 0 aromatic heterocycles. The lowest BCUT2D eigenvalue weighted by Crippen LogP contribution is -2.47. The fourth-order valence-corrected chi connectivity index (χ4v) is 6.99. The molecule has 4 aliphatic carbocycles. The third-order valence-electron chi connectivity index (χ3n) is 6.98. The van der Waals surface area contributed by atoms with E-state index in [1.165, 1.54) is 19.3 Å². The van der Waals surface area contributed by atoms with E-state index in [9.17, 15) is 9.59 Å². The van der Waals surface area contributed by atoms with Gasteiger partial charge in [0.25, 0.3) is 5.91 Å². The number of esters is 1. The number of ether oxygens (including phenoxy) is 1. The normalized spacial score (nSPS) is 29.3. The van der Waals surface area contributed by atoms with Crippen molar-refractivity contribution >= 4 is 29.3 Å². The zero-order valence-electron chi connectivity index (χ0n) is 17.1. The van der Waals surface area contributed by atoms with Crippen molar-refractivity contribution in [1.82, 2.24) is 0 Å². The van der Waals surface area contributed by atoms with Gasteiger partial charge >= 0.3 is 5.97 Å². The molecule has 0 radical (unpaired) electrons. The SMILES string of the molecule is Cc1cc(SC#N)cc(C)c1NC(=O)COC(=O)CC12CC3CC(CC(C3)C1)C2. The van der Waals surface area contributed by atoms with Gasteiger partial charge in [-0.25, -0.2) is 0 Å². The third kappa shape index (κ3) is 4.45. The molecule has 0 saturated heterocycles. The molecule has 0 unspecified atom stereocenters. The van der Waals surface area contributed by atoms with Gasteiger partial charge in [-0.3, -0.25) is 9.59 Å². The maximum absolute atomic E-state index is 12.5. The number of anilines is 1. The van der Waals surface area contributed by atoms with Gasteiger partial charge in [0.2, 0.25) is 0 Å². The summed E-state index contributed by atoms with van der Waals surface area (Å²) in [6.45, 7) is 3.53. The van der Waals surface area contributed by atoms with Crippen LogP contribution < -0.4 is 5.32 Å². The second kappa shape index (κ2) is 8.02. The average molecular weight is 413 g/mol. The monoisotopic (exact) mass is 412 g/mol. The summed E-state index contributed by atoms with van der Waals surface area (Å²) >= 11 is 1.10. The number of hydrogen-bond donors (Lipinski definition) is 1. The van der Waals surface area contributed by atoms with E-state index in [0.717, 1.165) is 70.5 Å². The fraction of sp³-hybridized carbons (Fsp3) is 0.609. The lowest BCUT2D eigenvalue weighted by atomic mass is 9.49. The molecule has 29 heavy (non-hydrogen) atoms. The van der Waals surface area contributed by atoms with Gasteiger partial charge in [0, 0.05) is 10.6 Å². The quantitative estimate of drug-likeness (QED) is 0.406. The molecule has 154 valence electrons. The van der Waals surface area contributed by atoms with Crippen molar-refractivity contribution in [2.24, 2.45) is 23.2 Å². The van der Waals surface area contributed by atoms with Crippen LogP contribution in [0.25, 0.3) is 0 Å². The molecule has 4 fully saturated rings. The van der Waals surface area contributed by atoms with Gasteiger partial charge in [-0.05, 0) is 111 Å². The maximum atomic E-state index is 12.5. The van der Waals surface area contributed by atoms with Gasteiger partial charge in [0.05, 0.1) is 6.42 Å². The fourth-order valence-electron chi connectivity index (χ4n) is 6.42. The lowest BCUT2D eigenvalue weighted by molar-refractivity contribution is -0.154. The number of nitrogens with zero attached hydrogens (tertiary/aromatic N) is 1. The van der Waals surface area contributed by atoms with Crippen molar-refractivity contribution in [2.75, 3.05) is 11.9 Å². The molecule has 0 atom stereocenters. The molecule has 4 bridgehead atoms. The van der Waals surface area contributed by atoms with Gasteiger partial charge in [-0.1, -0.05) is 0 Å². The summed E-state index contributed by atoms with van der Waals surface area (Å²) in [5, 5.41) is 13.7. The molecule has 1 amide bonds. The Bertz CT molecular complexity index is 815. The number of carbonyl (C=O) groups excluding carboxylic acids is 2. The number of benzene rings is 1. The molecule has 0 aliphatic heterocycles. The number of aryl methyl sites for hydroxylation is 2. The molecule has 6 heteroatoms. The number of rotatable bonds is 6. The highest BCUT2D eigenvalue weighted by Gasteiger charge is 2.51. The largest absolute Gasteiger partial charge is 0.456 e. The Kier molecular flexibility index (Phi) is 5.61. The van der Waals surface area contributed by atoms with Gasteiger partial charge in [0.1, 0.15) is 5.40 Å². The predicted octanol–water partition coefficient (Wildman–Crippen LogP) is 4.96. The summed E-state index contributed by atoms with van der Waals surface area (Å²) < 4.78 is 5.36. The second-order valence-corrected chi connectivity index (χ2v) is 10.3. The summed E-state index contributed by atoms with van der Waals surface area (Å²) in [6, 6.07) is 3.74. The van der Waals surface area contributed by atoms with Crippen molar-refractivity contribution in [3.8, 4) is 5.40 Å². The second-order valence-electron chi connectivity index (χ2n) is 9.43. The van der Waals surface area contributed by atoms with E-state index in [-0.39, 0.29) is 23.9 Å². The molecule has 5 rings (SSSR count). The molecular weight excluding hydrogens is 384 g/mol. The Hall–Kier alpha value is -2.00. The number of nitriles is 1. The van der Waals surface area contributed by atoms with Crippen molar-refractivity contribution < 1.29 is 14.3 Å². The Balaban J connectivity index is 1.30. The molecule has 0 heterocycles. The van der Waals surface area contributed by atoms with E-state index in [0.29, 0.717) is 6.42 Å². The number of hydrogen-bond acceptors (Lipinski definition) is 5. The molecule has 0 spiro atoms. The highest BCUT2D eigenvalue weighted by Crippen LogP contribution is 2.61. The summed E-state index contributed by atoms with van der Waals surface area (Å²) in [5.41, 5.74) is 2.62. The van der Waals surface area contributed by atoms with E-state index in [2.05, 4.69) is 10.7 Å². The van der Waals surface area contributed by atoms with E-state index in [1.54, 1.807) is 0 Å². The number of thiocyanates is 1. The van der Waals surface area contributed by atoms with Gasteiger partial charge in [0.15, 0.2) is 6.61 Å². The summed E-state index contributed by atoms with van der Waals surface area (Å²) in [5.74, 6) is 1.83. The zero-order valence-corrected chi connectivity index (χ0v) is 17.9. The Morgan fingerprint density at radius 1 is 1.14 bits per heavy atom. The Morgan fingerprint density at radius 3 is 2.21 bits per heavy atom. The Labute approximate surface area is 176 Å². The first-order chi connectivity index (χ1) is 13.9. The van der Waals surface area contributed by atoms with E-state index in [1.807, 2.05) is 26.0 Å². The molecular formula is C23H28N2O3S. The first kappa shape index (κ1) is 20.3. The average Bonchev–Trinajstić information content (AvgIpc) is 2.62. The van der Waals surface area contributed by atoms with Crippen molar-refractivity contribution in [3.63, 3.8) is 0 Å². The summed E-state index contributed by atoms with van der Waals surface area (Å²) in [7, 11) is 0. The summed E-state index contributed by atoms with van der Waals surface area (Å²) in [6.07, 6.45) is 7.98. The molecule has 5 nitrogen and oxygen atoms in total. The molecule has 4 saturated carbocycles. The first-order valence-corrected chi connectivity index (χ1v) is 11.3. The molecule has 1 aromatic rings. The van der Waals surface area contributed by atoms with Crippen LogP contribution in [0.4, 0.5) is 5.69 Å². The van der Waals surface area contributed by atoms with Crippen LogP contribution in [-0.4, -0.2) is 18.5 Å². The highest BCUT2D eigenvalue weighted by atomic mass is 32.2. The van der Waals surface area contributed by atoms with Crippen LogP contribution in [0.15, 0.2) is 17.0 Å². The van der Waals surface area contributed by atoms with Gasteiger partial charge < -0.3 is 10.1 Å². The number of nitrogens with one attached hydrogen (secondary N) is 1. The van der Waals surface area contributed by atoms with Crippen LogP contribution in [0.3, 0.4) is 0 Å². The number of carbonyl (C=O) groups is 2. The smallest absolute Gasteiger partial charge is 0.306 e. The first-order valence-electron chi connectivity index (χ1n) is 10.5. The van der Waals surface area contributed by atoms with Crippen LogP contribution in [0, 0.1) is 47.7 Å². The number of thioether (sulfide) groups is 1. The van der Waals surface area contributed by atoms with Crippen LogP contribution in [-0.2, 0) is 14.3 Å². The van der Waals surface area contributed by atoms with Crippen molar-refractivity contribution in [2.45, 2.75) is 63.7 Å². The highest BCUT2D eigenvalue weighted by molar-refractivity contribution is 8.03. The zero-order chi connectivity index (χ0) is 20.6. The molecule has 1 aromatic carbocycles. The topological polar surface area (TPSA) is 79.2 Å². The van der Waals surface area contributed by atoms with Crippen LogP contribution in [0.1, 0.15) is 56.1 Å². The molecule has 1 N–H and O–H groups in total. The van der Waals surface area contributed by atoms with Gasteiger partial charge in [-0.2, -0.15) is 5.26 Å². The minimum Gasteiger partial charge on any atom is -0.456 e. The van der Waals surface area contributed by atoms with E-state index < -0.39 is 0 Å². The van der Waals surface area contributed by atoms with Crippen LogP contribution in [0.5, 0.6) is 0 Å². The Morgan fingerprint density at radius 2 is 1.69 bits per heavy atom. The van der Waals surface area contributed by atoms with Gasteiger partial charge in [-0.15, -0.1) is 0 Å². The van der Waals surface area contributed by atoms with E-state index in [4.69, 9.17) is 10.00 Å². The standard InChI is InChI=1S/C23H28N2O3S/c1-14-3-19(29-13-24)4-15(2)22(14)25-20(26)12-28-21(27)11-23-8-16-5-17(9-23)7-18(6-16)10-23/h3-4,16-18H,5-12H2,1-2H3,(H,25,26). The van der Waals surface area contributed by atoms with Crippen LogP contribution >= 0.6 is 11.8 Å². The van der Waals surface area contributed by atoms with Crippen LogP contribution in [0.2, 0.25) is 0 Å². The summed E-state index contributed by atoms with van der Waals surface area (Å²) in [4.78, 5) is 25.7. The third-order valence-corrected chi connectivity index (χ3v) is 7.55. The number of amides is 1. The van der Waals surface area contributed by atoms with E-state index >= 15 is 0 Å².